The van der Waals surface area contributed by atoms with Crippen LogP contribution in [0.1, 0.15) is 51.3 Å². The van der Waals surface area contributed by atoms with Gasteiger partial charge in [0.05, 0.1) is 23.7 Å². The molecule has 3 heteroatoms. The Bertz CT molecular complexity index is 361. The summed E-state index contributed by atoms with van der Waals surface area (Å²) in [6, 6.07) is 4.02. The van der Waals surface area contributed by atoms with Crippen molar-refractivity contribution >= 4 is 5.69 Å². The van der Waals surface area contributed by atoms with E-state index in [1.807, 2.05) is 12.3 Å². The summed E-state index contributed by atoms with van der Waals surface area (Å²) >= 11 is 0. The predicted octanol–water partition coefficient (Wildman–Crippen LogP) is 3.15. The van der Waals surface area contributed by atoms with Gasteiger partial charge >= 0.3 is 0 Å². The van der Waals surface area contributed by atoms with Gasteiger partial charge in [-0.3, -0.25) is 4.98 Å². The van der Waals surface area contributed by atoms with Crippen molar-refractivity contribution < 1.29 is 5.11 Å². The highest BCUT2D eigenvalue weighted by Crippen LogP contribution is 2.24. The quantitative estimate of drug-likeness (QED) is 0.892. The lowest BCUT2D eigenvalue weighted by Gasteiger charge is -2.22. The molecule has 0 spiro atoms. The van der Waals surface area contributed by atoms with Gasteiger partial charge in [-0.15, -0.1) is 0 Å². The maximum atomic E-state index is 9.46. The third-order valence-corrected chi connectivity index (χ3v) is 3.99. The first-order valence-corrected chi connectivity index (χ1v) is 7.09. The molecule has 0 radical (unpaired) electrons. The monoisotopic (exact) mass is 248 g/mol. The first kappa shape index (κ1) is 13.3. The fourth-order valence-electron chi connectivity index (χ4n) is 2.66. The lowest BCUT2D eigenvalue weighted by molar-refractivity contribution is 0.194. The smallest absolute Gasteiger partial charge is 0.0931 e. The molecule has 0 amide bonds. The minimum atomic E-state index is -0.479. The summed E-state index contributed by atoms with van der Waals surface area (Å²) in [4.78, 5) is 6.76. The zero-order chi connectivity index (χ0) is 13.0. The van der Waals surface area contributed by atoms with Crippen molar-refractivity contribution in [3.63, 3.8) is 0 Å². The molecule has 1 aliphatic rings. The SMILES string of the molecule is CCC1CCCN(c2ccc([C@@H](C)O)nc2)CC1. The van der Waals surface area contributed by atoms with Gasteiger partial charge in [0.15, 0.2) is 0 Å². The molecule has 0 aliphatic carbocycles. The Morgan fingerprint density at radius 2 is 2.22 bits per heavy atom. The number of rotatable bonds is 3. The van der Waals surface area contributed by atoms with Gasteiger partial charge in [0, 0.05) is 13.1 Å². The molecule has 3 nitrogen and oxygen atoms in total. The molecule has 0 bridgehead atoms. The van der Waals surface area contributed by atoms with Crippen LogP contribution < -0.4 is 4.90 Å². The second kappa shape index (κ2) is 6.19. The van der Waals surface area contributed by atoms with Crippen LogP contribution in [0.3, 0.4) is 0 Å². The lowest BCUT2D eigenvalue weighted by atomic mass is 9.98. The average Bonchev–Trinajstić information content (AvgIpc) is 2.64. The molecule has 0 saturated carbocycles. The van der Waals surface area contributed by atoms with Crippen molar-refractivity contribution in [2.24, 2.45) is 5.92 Å². The molecule has 1 aromatic heterocycles. The highest BCUT2D eigenvalue weighted by atomic mass is 16.3. The fourth-order valence-corrected chi connectivity index (χ4v) is 2.66. The largest absolute Gasteiger partial charge is 0.387 e. The molecule has 1 saturated heterocycles. The van der Waals surface area contributed by atoms with E-state index in [4.69, 9.17) is 0 Å². The highest BCUT2D eigenvalue weighted by Gasteiger charge is 2.16. The van der Waals surface area contributed by atoms with Crippen LogP contribution >= 0.6 is 0 Å². The maximum Gasteiger partial charge on any atom is 0.0931 e. The van der Waals surface area contributed by atoms with Gasteiger partial charge in [0.25, 0.3) is 0 Å². The van der Waals surface area contributed by atoms with Crippen LogP contribution in [0.4, 0.5) is 5.69 Å². The maximum absolute atomic E-state index is 9.46. The summed E-state index contributed by atoms with van der Waals surface area (Å²) in [7, 11) is 0. The molecule has 1 unspecified atom stereocenters. The molecule has 0 aromatic carbocycles. The van der Waals surface area contributed by atoms with Crippen molar-refractivity contribution in [1.29, 1.82) is 0 Å². The van der Waals surface area contributed by atoms with Crippen LogP contribution in [0.15, 0.2) is 18.3 Å². The van der Waals surface area contributed by atoms with E-state index in [0.29, 0.717) is 0 Å². The molecule has 1 fully saturated rings. The molecule has 1 N–H and O–H groups in total. The van der Waals surface area contributed by atoms with E-state index in [1.165, 1.54) is 31.4 Å². The molecule has 2 rings (SSSR count). The highest BCUT2D eigenvalue weighted by molar-refractivity contribution is 5.44. The minimum Gasteiger partial charge on any atom is -0.387 e. The first-order chi connectivity index (χ1) is 8.70. The van der Waals surface area contributed by atoms with E-state index < -0.39 is 6.10 Å². The molecule has 100 valence electrons. The van der Waals surface area contributed by atoms with Crippen molar-refractivity contribution in [1.82, 2.24) is 4.98 Å². The van der Waals surface area contributed by atoms with Crippen molar-refractivity contribution in [2.45, 2.75) is 45.6 Å². The number of nitrogens with zero attached hydrogens (tertiary/aromatic N) is 2. The second-order valence-corrected chi connectivity index (χ2v) is 5.31. The Morgan fingerprint density at radius 1 is 1.39 bits per heavy atom. The summed E-state index contributed by atoms with van der Waals surface area (Å²) in [6.07, 6.45) is 6.63. The number of aliphatic hydroxyl groups is 1. The van der Waals surface area contributed by atoms with Gasteiger partial charge < -0.3 is 10.0 Å². The van der Waals surface area contributed by atoms with Crippen molar-refractivity contribution in [2.75, 3.05) is 18.0 Å². The Kier molecular flexibility index (Phi) is 4.59. The Balaban J connectivity index is 2.02. The van der Waals surface area contributed by atoms with Crippen LogP contribution in [-0.4, -0.2) is 23.2 Å². The molecular formula is C15H24N2O. The first-order valence-electron chi connectivity index (χ1n) is 7.09. The van der Waals surface area contributed by atoms with E-state index in [9.17, 15) is 5.11 Å². The number of anilines is 1. The number of hydrogen-bond acceptors (Lipinski definition) is 3. The third kappa shape index (κ3) is 3.22. The molecule has 1 aromatic rings. The minimum absolute atomic E-state index is 0.479. The van der Waals surface area contributed by atoms with Crippen LogP contribution in [0, 0.1) is 5.92 Å². The fraction of sp³-hybridized carbons (Fsp3) is 0.667. The standard InChI is InChI=1S/C15H24N2O/c1-3-13-5-4-9-17(10-8-13)14-6-7-15(12(2)18)16-11-14/h6-7,11-13,18H,3-5,8-10H2,1-2H3/t12-,13?/m1/s1. The van der Waals surface area contributed by atoms with Crippen LogP contribution in [0.2, 0.25) is 0 Å². The molecule has 2 atom stereocenters. The van der Waals surface area contributed by atoms with E-state index >= 15 is 0 Å². The normalized spacial score (nSPS) is 22.6. The second-order valence-electron chi connectivity index (χ2n) is 5.31. The molecular weight excluding hydrogens is 224 g/mol. The van der Waals surface area contributed by atoms with Crippen LogP contribution in [0.25, 0.3) is 0 Å². The summed E-state index contributed by atoms with van der Waals surface area (Å²) in [5.74, 6) is 0.889. The van der Waals surface area contributed by atoms with Crippen LogP contribution in [-0.2, 0) is 0 Å². The molecule has 18 heavy (non-hydrogen) atoms. The topological polar surface area (TPSA) is 36.4 Å². The third-order valence-electron chi connectivity index (χ3n) is 3.99. The summed E-state index contributed by atoms with van der Waals surface area (Å²) in [5, 5.41) is 9.46. The Labute approximate surface area is 110 Å². The van der Waals surface area contributed by atoms with E-state index in [-0.39, 0.29) is 0 Å². The molecule has 2 heterocycles. The average molecular weight is 248 g/mol. The van der Waals surface area contributed by atoms with E-state index in [0.717, 1.165) is 24.7 Å². The van der Waals surface area contributed by atoms with Crippen molar-refractivity contribution in [3.05, 3.63) is 24.0 Å². The van der Waals surface area contributed by atoms with E-state index in [1.54, 1.807) is 6.92 Å². The van der Waals surface area contributed by atoms with Gasteiger partial charge in [-0.1, -0.05) is 13.3 Å². The number of pyridine rings is 1. The van der Waals surface area contributed by atoms with Gasteiger partial charge in [-0.25, -0.2) is 0 Å². The van der Waals surface area contributed by atoms with Gasteiger partial charge in [0.2, 0.25) is 0 Å². The summed E-state index contributed by atoms with van der Waals surface area (Å²) < 4.78 is 0. The van der Waals surface area contributed by atoms with Gasteiger partial charge in [-0.05, 0) is 44.2 Å². The Hall–Kier alpha value is -1.09. The summed E-state index contributed by atoms with van der Waals surface area (Å²) in [6.45, 7) is 6.31. The lowest BCUT2D eigenvalue weighted by Crippen LogP contribution is -2.24. The zero-order valence-electron chi connectivity index (χ0n) is 11.5. The number of aliphatic hydroxyl groups excluding tert-OH is 1. The van der Waals surface area contributed by atoms with Crippen LogP contribution in [0.5, 0.6) is 0 Å². The number of hydrogen-bond donors (Lipinski definition) is 1. The van der Waals surface area contributed by atoms with Gasteiger partial charge in [0.1, 0.15) is 0 Å². The van der Waals surface area contributed by atoms with Crippen molar-refractivity contribution in [3.8, 4) is 0 Å². The van der Waals surface area contributed by atoms with Gasteiger partial charge in [-0.2, -0.15) is 0 Å². The number of aromatic nitrogens is 1. The van der Waals surface area contributed by atoms with E-state index in [2.05, 4.69) is 22.9 Å². The summed E-state index contributed by atoms with van der Waals surface area (Å²) in [5.41, 5.74) is 1.94. The predicted molar refractivity (Wildman–Crippen MR) is 74.7 cm³/mol. The Morgan fingerprint density at radius 3 is 2.83 bits per heavy atom. The zero-order valence-corrected chi connectivity index (χ0v) is 11.5. The molecule has 1 aliphatic heterocycles.